The number of anilines is 1. The molecular formula is C7H9BrN2. The lowest BCUT2D eigenvalue weighted by atomic mass is 10.3. The van der Waals surface area contributed by atoms with Gasteiger partial charge in [0, 0.05) is 11.0 Å². The van der Waals surface area contributed by atoms with Crippen LogP contribution in [0.25, 0.3) is 0 Å². The van der Waals surface area contributed by atoms with Gasteiger partial charge in [-0.3, -0.25) is 4.98 Å². The van der Waals surface area contributed by atoms with E-state index < -0.39 is 0 Å². The molecule has 1 aromatic heterocycles. The second kappa shape index (κ2) is 3.01. The summed E-state index contributed by atoms with van der Waals surface area (Å²) < 4.78 is 0. The highest BCUT2D eigenvalue weighted by molar-refractivity contribution is 9.08. The molecule has 3 heteroatoms. The minimum absolute atomic E-state index is 0.723. The van der Waals surface area contributed by atoms with Gasteiger partial charge < -0.3 is 5.73 Å². The van der Waals surface area contributed by atoms with E-state index in [2.05, 4.69) is 20.9 Å². The summed E-state index contributed by atoms with van der Waals surface area (Å²) in [5, 5.41) is 0.723. The fourth-order valence-electron chi connectivity index (χ4n) is 0.728. The summed E-state index contributed by atoms with van der Waals surface area (Å²) in [4.78, 5) is 4.22. The summed E-state index contributed by atoms with van der Waals surface area (Å²) in [7, 11) is 0. The van der Waals surface area contributed by atoms with Gasteiger partial charge >= 0.3 is 0 Å². The maximum absolute atomic E-state index is 5.61. The van der Waals surface area contributed by atoms with Crippen molar-refractivity contribution in [1.82, 2.24) is 4.98 Å². The lowest BCUT2D eigenvalue weighted by molar-refractivity contribution is 1.12. The first-order valence-electron chi connectivity index (χ1n) is 3.02. The molecule has 1 aromatic rings. The Morgan fingerprint density at radius 1 is 1.60 bits per heavy atom. The first-order chi connectivity index (χ1) is 4.74. The van der Waals surface area contributed by atoms with E-state index in [-0.39, 0.29) is 0 Å². The molecule has 0 atom stereocenters. The Morgan fingerprint density at radius 3 is 2.80 bits per heavy atom. The number of aryl methyl sites for hydroxylation is 1. The van der Waals surface area contributed by atoms with Crippen LogP contribution in [0, 0.1) is 6.92 Å². The average molecular weight is 201 g/mol. The van der Waals surface area contributed by atoms with Crippen molar-refractivity contribution < 1.29 is 0 Å². The van der Waals surface area contributed by atoms with E-state index in [0.717, 1.165) is 22.4 Å². The number of hydrogen-bond acceptors (Lipinski definition) is 2. The van der Waals surface area contributed by atoms with Crippen LogP contribution < -0.4 is 5.73 Å². The number of aromatic nitrogens is 1. The fourth-order valence-corrected chi connectivity index (χ4v) is 1.18. The zero-order chi connectivity index (χ0) is 7.56. The molecule has 0 aromatic carbocycles. The molecule has 0 saturated carbocycles. The van der Waals surface area contributed by atoms with Crippen LogP contribution in [0.3, 0.4) is 0 Å². The van der Waals surface area contributed by atoms with Gasteiger partial charge in [-0.15, -0.1) is 0 Å². The standard InChI is InChI=1S/C7H9BrN2/c1-5-2-3-6(9)7(4-8)10-5/h2-3H,4,9H2,1H3. The molecule has 54 valence electrons. The summed E-state index contributed by atoms with van der Waals surface area (Å²) in [6, 6.07) is 3.78. The average Bonchev–Trinajstić information content (AvgIpc) is 1.94. The molecular weight excluding hydrogens is 192 g/mol. The number of rotatable bonds is 1. The van der Waals surface area contributed by atoms with Gasteiger partial charge in [0.15, 0.2) is 0 Å². The molecule has 1 rings (SSSR count). The van der Waals surface area contributed by atoms with E-state index in [4.69, 9.17) is 5.73 Å². The van der Waals surface area contributed by atoms with Gasteiger partial charge in [0.25, 0.3) is 0 Å². The number of nitrogen functional groups attached to an aromatic ring is 1. The van der Waals surface area contributed by atoms with Crippen molar-refractivity contribution in [1.29, 1.82) is 0 Å². The number of pyridine rings is 1. The molecule has 2 nitrogen and oxygen atoms in total. The van der Waals surface area contributed by atoms with Crippen molar-refractivity contribution in [2.24, 2.45) is 0 Å². The van der Waals surface area contributed by atoms with Gasteiger partial charge in [-0.1, -0.05) is 15.9 Å². The maximum atomic E-state index is 5.61. The third kappa shape index (κ3) is 1.48. The number of nitrogens with zero attached hydrogens (tertiary/aromatic N) is 1. The second-order valence-corrected chi connectivity index (χ2v) is 2.68. The van der Waals surface area contributed by atoms with Crippen molar-refractivity contribution in [2.45, 2.75) is 12.3 Å². The van der Waals surface area contributed by atoms with E-state index >= 15 is 0 Å². The molecule has 0 aliphatic rings. The van der Waals surface area contributed by atoms with Gasteiger partial charge in [0.1, 0.15) is 0 Å². The zero-order valence-corrected chi connectivity index (χ0v) is 7.35. The van der Waals surface area contributed by atoms with Gasteiger partial charge in [-0.2, -0.15) is 0 Å². The highest BCUT2D eigenvalue weighted by Crippen LogP contribution is 2.12. The first-order valence-corrected chi connectivity index (χ1v) is 4.14. The summed E-state index contributed by atoms with van der Waals surface area (Å²) in [6.45, 7) is 1.95. The molecule has 0 amide bonds. The smallest absolute Gasteiger partial charge is 0.0741 e. The maximum Gasteiger partial charge on any atom is 0.0741 e. The normalized spacial score (nSPS) is 9.80. The van der Waals surface area contributed by atoms with Crippen molar-refractivity contribution in [3.8, 4) is 0 Å². The Bertz CT molecular complexity index is 235. The summed E-state index contributed by atoms with van der Waals surface area (Å²) in [5.74, 6) is 0. The van der Waals surface area contributed by atoms with Crippen molar-refractivity contribution in [2.75, 3.05) is 5.73 Å². The molecule has 0 radical (unpaired) electrons. The quantitative estimate of drug-likeness (QED) is 0.704. The molecule has 0 fully saturated rings. The number of halogens is 1. The van der Waals surface area contributed by atoms with Crippen molar-refractivity contribution in [3.63, 3.8) is 0 Å². The predicted molar refractivity (Wildman–Crippen MR) is 46.0 cm³/mol. The number of nitrogens with two attached hydrogens (primary N) is 1. The lowest BCUT2D eigenvalue weighted by Crippen LogP contribution is -1.95. The Balaban J connectivity index is 3.09. The Hall–Kier alpha value is -0.570. The molecule has 0 aliphatic carbocycles. The van der Waals surface area contributed by atoms with E-state index in [9.17, 15) is 0 Å². The molecule has 0 aliphatic heterocycles. The SMILES string of the molecule is Cc1ccc(N)c(CBr)n1. The fraction of sp³-hybridized carbons (Fsp3) is 0.286. The Kier molecular flexibility index (Phi) is 2.27. The summed E-state index contributed by atoms with van der Waals surface area (Å²) in [5.41, 5.74) is 8.28. The van der Waals surface area contributed by atoms with Gasteiger partial charge in [0.2, 0.25) is 0 Å². The predicted octanol–water partition coefficient (Wildman–Crippen LogP) is 1.87. The van der Waals surface area contributed by atoms with Gasteiger partial charge in [-0.25, -0.2) is 0 Å². The largest absolute Gasteiger partial charge is 0.397 e. The highest BCUT2D eigenvalue weighted by Gasteiger charge is 1.96. The molecule has 2 N–H and O–H groups in total. The number of alkyl halides is 1. The van der Waals surface area contributed by atoms with Crippen LogP contribution in [-0.2, 0) is 5.33 Å². The Morgan fingerprint density at radius 2 is 2.30 bits per heavy atom. The van der Waals surface area contributed by atoms with Gasteiger partial charge in [-0.05, 0) is 19.1 Å². The van der Waals surface area contributed by atoms with Crippen molar-refractivity contribution >= 4 is 21.6 Å². The third-order valence-electron chi connectivity index (χ3n) is 1.28. The minimum atomic E-state index is 0.723. The number of hydrogen-bond donors (Lipinski definition) is 1. The highest BCUT2D eigenvalue weighted by atomic mass is 79.9. The van der Waals surface area contributed by atoms with Crippen LogP contribution >= 0.6 is 15.9 Å². The van der Waals surface area contributed by atoms with Crippen LogP contribution in [0.1, 0.15) is 11.4 Å². The van der Waals surface area contributed by atoms with E-state index in [1.807, 2.05) is 19.1 Å². The first kappa shape index (κ1) is 7.54. The third-order valence-corrected chi connectivity index (χ3v) is 1.81. The molecule has 10 heavy (non-hydrogen) atoms. The lowest BCUT2D eigenvalue weighted by Gasteiger charge is -2.00. The topological polar surface area (TPSA) is 38.9 Å². The summed E-state index contributed by atoms with van der Waals surface area (Å²) >= 11 is 3.30. The monoisotopic (exact) mass is 200 g/mol. The molecule has 1 heterocycles. The van der Waals surface area contributed by atoms with E-state index in [1.54, 1.807) is 0 Å². The van der Waals surface area contributed by atoms with Crippen molar-refractivity contribution in [3.05, 3.63) is 23.5 Å². The van der Waals surface area contributed by atoms with E-state index in [0.29, 0.717) is 0 Å². The molecule has 0 unspecified atom stereocenters. The molecule has 0 bridgehead atoms. The van der Waals surface area contributed by atoms with Crippen LogP contribution in [0.2, 0.25) is 0 Å². The minimum Gasteiger partial charge on any atom is -0.397 e. The zero-order valence-electron chi connectivity index (χ0n) is 5.76. The molecule has 0 saturated heterocycles. The van der Waals surface area contributed by atoms with Crippen LogP contribution in [0.4, 0.5) is 5.69 Å². The Labute approximate surface area is 68.6 Å². The summed E-state index contributed by atoms with van der Waals surface area (Å²) in [6.07, 6.45) is 0. The van der Waals surface area contributed by atoms with Gasteiger partial charge in [0.05, 0.1) is 11.4 Å². The van der Waals surface area contributed by atoms with Crippen LogP contribution in [0.15, 0.2) is 12.1 Å². The second-order valence-electron chi connectivity index (χ2n) is 2.12. The van der Waals surface area contributed by atoms with E-state index in [1.165, 1.54) is 0 Å². The molecule has 0 spiro atoms. The van der Waals surface area contributed by atoms with Crippen LogP contribution in [-0.4, -0.2) is 4.98 Å². The van der Waals surface area contributed by atoms with Crippen LogP contribution in [0.5, 0.6) is 0 Å².